The molecule has 4 N–H and O–H groups in total. The van der Waals surface area contributed by atoms with Gasteiger partial charge in [0, 0.05) is 103 Å². The number of fused-ring (bicyclic) bond motifs is 4. The molecule has 17 rings (SSSR count). The van der Waals surface area contributed by atoms with Crippen molar-refractivity contribution in [3.05, 3.63) is 189 Å². The third kappa shape index (κ3) is 17.8. The first-order valence-electron chi connectivity index (χ1n) is 34.9. The molecule has 115 heavy (non-hydrogen) atoms. The van der Waals surface area contributed by atoms with Gasteiger partial charge < -0.3 is 4.74 Å². The highest BCUT2D eigenvalue weighted by Crippen LogP contribution is 2.42. The van der Waals surface area contributed by atoms with Crippen LogP contribution in [0.5, 0.6) is 5.88 Å². The summed E-state index contributed by atoms with van der Waals surface area (Å²) in [5.74, 6) is 5.00. The number of nitrogens with one attached hydrogen (secondary N) is 4. The summed E-state index contributed by atoms with van der Waals surface area (Å²) in [4.78, 5) is 45.8. The van der Waals surface area contributed by atoms with Crippen LogP contribution in [0.25, 0.3) is 79.4 Å². The van der Waals surface area contributed by atoms with E-state index >= 15 is 0 Å². The van der Waals surface area contributed by atoms with Gasteiger partial charge in [-0.2, -0.15) is 64.5 Å². The van der Waals surface area contributed by atoms with Crippen molar-refractivity contribution in [2.45, 2.75) is 106 Å². The molecule has 0 saturated carbocycles. The molecule has 0 spiro atoms. The molecule has 12 heterocycles. The molecule has 12 aromatic heterocycles. The number of aryl methyl sites for hydroxylation is 3. The number of aromatic amines is 4. The second kappa shape index (κ2) is 32.8. The molecule has 36 nitrogen and oxygen atoms in total. The van der Waals surface area contributed by atoms with Crippen molar-refractivity contribution in [3.8, 4) is 62.7 Å². The molecule has 0 saturated heterocycles. The van der Waals surface area contributed by atoms with E-state index in [0.717, 1.165) is 69.1 Å². The average molecular weight is 1650 g/mol. The molecule has 0 radical (unpaired) electrons. The summed E-state index contributed by atoms with van der Waals surface area (Å²) >= 11 is 10.9. The zero-order valence-corrected chi connectivity index (χ0v) is 66.8. The topological polar surface area (TPSA) is 438 Å². The highest BCUT2D eigenvalue weighted by molar-refractivity contribution is 7.10. The summed E-state index contributed by atoms with van der Waals surface area (Å²) in [5.41, 5.74) is 9.40. The van der Waals surface area contributed by atoms with Gasteiger partial charge in [0.1, 0.15) is 17.5 Å². The van der Waals surface area contributed by atoms with E-state index in [2.05, 4.69) is 181 Å². The van der Waals surface area contributed by atoms with Gasteiger partial charge in [-0.05, 0) is 45.9 Å². The maximum absolute atomic E-state index is 12.7. The van der Waals surface area contributed by atoms with Gasteiger partial charge in [-0.1, -0.05) is 170 Å². The Hall–Kier alpha value is -13.3. The minimum Gasteiger partial charge on any atom is -0.475 e. The zero-order valence-electron chi connectivity index (χ0n) is 62.8. The first-order chi connectivity index (χ1) is 55.1. The number of halogens is 4. The third-order valence-electron chi connectivity index (χ3n) is 16.3. The van der Waals surface area contributed by atoms with Crippen LogP contribution in [-0.4, -0.2) is 128 Å². The molecule has 5 aromatic carbocycles. The first kappa shape index (κ1) is 78.4. The minimum absolute atomic E-state index is 0.0211. The number of nitro benzene ring substituents is 1. The van der Waals surface area contributed by atoms with Crippen molar-refractivity contribution in [1.82, 2.24) is 117 Å². The number of benzene rings is 5. The Morgan fingerprint density at radius 3 is 1.38 bits per heavy atom. The van der Waals surface area contributed by atoms with Gasteiger partial charge in [0.15, 0.2) is 51.9 Å². The smallest absolute Gasteiger partial charge is 0.416 e. The predicted octanol–water partition coefficient (Wildman–Crippen LogP) is 20.3. The molecule has 17 aromatic rings. The van der Waals surface area contributed by atoms with E-state index in [0.29, 0.717) is 124 Å². The Balaban J connectivity index is 0.000000127. The Morgan fingerprint density at radius 1 is 0.487 bits per heavy atom. The van der Waals surface area contributed by atoms with Gasteiger partial charge >= 0.3 is 6.18 Å². The second-order valence-electron chi connectivity index (χ2n) is 27.3. The Bertz CT molecular complexity index is 6440. The number of hydrogen-bond donors (Lipinski definition) is 4. The number of non-ortho nitro benzene ring substituents is 1. The van der Waals surface area contributed by atoms with Gasteiger partial charge in [-0.3, -0.25) is 30.5 Å². The molecule has 0 atom stereocenters. The summed E-state index contributed by atoms with van der Waals surface area (Å²) in [6, 6.07) is 37.8. The molecule has 0 amide bonds. The van der Waals surface area contributed by atoms with Gasteiger partial charge in [0.2, 0.25) is 43.1 Å². The van der Waals surface area contributed by atoms with Crippen LogP contribution in [0.15, 0.2) is 174 Å². The molecule has 584 valence electrons. The number of rotatable bonds is 17. The van der Waals surface area contributed by atoms with Crippen molar-refractivity contribution < 1.29 is 22.8 Å². The monoisotopic (exact) mass is 1650 g/mol. The van der Waals surface area contributed by atoms with Gasteiger partial charge in [0.05, 0.1) is 39.2 Å². The van der Waals surface area contributed by atoms with Crippen LogP contribution < -0.4 is 4.74 Å². The minimum atomic E-state index is -4.40. The number of nitro groups is 1. The van der Waals surface area contributed by atoms with E-state index in [-0.39, 0.29) is 39.3 Å². The van der Waals surface area contributed by atoms with Crippen LogP contribution in [0.4, 0.5) is 62.1 Å². The Morgan fingerprint density at radius 2 is 0.913 bits per heavy atom. The normalized spacial score (nSPS) is 12.2. The molecule has 0 fully saturated rings. The third-order valence-corrected chi connectivity index (χ3v) is 19.0. The summed E-state index contributed by atoms with van der Waals surface area (Å²) in [6.45, 7) is 24.1. The maximum Gasteiger partial charge on any atom is 0.416 e. The number of azo groups is 4. The summed E-state index contributed by atoms with van der Waals surface area (Å²) < 4.78 is 66.9. The highest BCUT2D eigenvalue weighted by Gasteiger charge is 2.31. The maximum atomic E-state index is 12.7. The van der Waals surface area contributed by atoms with Crippen molar-refractivity contribution in [2.24, 2.45) is 40.9 Å². The lowest BCUT2D eigenvalue weighted by Gasteiger charge is -2.16. The molecular formula is C71H65ClF3N33O3S4. The zero-order chi connectivity index (χ0) is 81.0. The molecule has 0 aliphatic carbocycles. The van der Waals surface area contributed by atoms with E-state index in [1.54, 1.807) is 39.9 Å². The van der Waals surface area contributed by atoms with Gasteiger partial charge in [-0.25, -0.2) is 19.9 Å². The lowest BCUT2D eigenvalue weighted by Crippen LogP contribution is -2.12. The molecule has 0 aliphatic heterocycles. The number of nitrogens with zero attached hydrogens (tertiary/aromatic N) is 29. The number of alkyl halides is 3. The first-order valence-corrected chi connectivity index (χ1v) is 38.3. The molecule has 0 aliphatic rings. The van der Waals surface area contributed by atoms with Crippen LogP contribution >= 0.6 is 57.7 Å². The number of hydrogen-bond acceptors (Lipinski definition) is 31. The number of H-pyrrole nitrogens is 4. The van der Waals surface area contributed by atoms with Gasteiger partial charge in [-0.15, -0.1) is 65.9 Å². The summed E-state index contributed by atoms with van der Waals surface area (Å²) in [5, 5.41) is 77.4. The van der Waals surface area contributed by atoms with Gasteiger partial charge in [0.25, 0.3) is 11.6 Å². The SMILES string of the molecule is CC(C)c1nc2c(N=Nc3nc(-c4ccccc4)ns3)c(-c3ccccc3Cl)[nH]n2n1.CCOc1nn2[nH]c(C)nc2c1N=Nc1nc(-c2ccc(C(F)(F)F)cc2)ns1.Cc1nc2c(N=Nc3nc(-c4cccc([N+](=O)[O-])c4)ns3)c(C(C)(C)C)[nH]n2n1.Cc1nc2c(N=Nc3nc(-c4ccccc4)ns3)c(C(C)(C)C)[nH]n2n1. The van der Waals surface area contributed by atoms with Crippen LogP contribution in [0.3, 0.4) is 0 Å². The fourth-order valence-corrected chi connectivity index (χ4v) is 13.2. The van der Waals surface area contributed by atoms with Crippen LogP contribution in [0.1, 0.15) is 108 Å². The van der Waals surface area contributed by atoms with Crippen molar-refractivity contribution >= 4 is 129 Å². The Kier molecular flexibility index (Phi) is 22.4. The van der Waals surface area contributed by atoms with E-state index in [4.69, 9.17) is 16.3 Å². The molecule has 44 heteroatoms. The van der Waals surface area contributed by atoms with Crippen LogP contribution in [0.2, 0.25) is 5.02 Å². The Labute approximate surface area is 669 Å². The fourth-order valence-electron chi connectivity index (χ4n) is 10.9. The molecular weight excluding hydrogens is 1580 g/mol. The van der Waals surface area contributed by atoms with Crippen LogP contribution in [-0.2, 0) is 17.0 Å². The van der Waals surface area contributed by atoms with Crippen molar-refractivity contribution in [3.63, 3.8) is 0 Å². The predicted molar refractivity (Wildman–Crippen MR) is 426 cm³/mol. The largest absolute Gasteiger partial charge is 0.475 e. The summed E-state index contributed by atoms with van der Waals surface area (Å²) in [6.07, 6.45) is -4.40. The van der Waals surface area contributed by atoms with Crippen molar-refractivity contribution in [1.29, 1.82) is 0 Å². The quantitative estimate of drug-likeness (QED) is 0.0374. The van der Waals surface area contributed by atoms with E-state index in [1.807, 2.05) is 113 Å². The average Bonchev–Trinajstić information content (AvgIpc) is 1.62. The number of aromatic nitrogens is 24. The van der Waals surface area contributed by atoms with Crippen molar-refractivity contribution in [2.75, 3.05) is 6.61 Å². The van der Waals surface area contributed by atoms with E-state index in [1.165, 1.54) is 52.0 Å². The summed E-state index contributed by atoms with van der Waals surface area (Å²) in [7, 11) is 0. The fraction of sp³-hybridized carbons (Fsp3) is 0.239. The highest BCUT2D eigenvalue weighted by atomic mass is 35.5. The second-order valence-corrected chi connectivity index (χ2v) is 30.6. The lowest BCUT2D eigenvalue weighted by atomic mass is 9.91. The lowest BCUT2D eigenvalue weighted by molar-refractivity contribution is -0.384. The van der Waals surface area contributed by atoms with E-state index in [9.17, 15) is 23.3 Å². The van der Waals surface area contributed by atoms with E-state index < -0.39 is 16.7 Å². The van der Waals surface area contributed by atoms with Crippen LogP contribution in [0, 0.1) is 30.9 Å². The molecule has 0 bridgehead atoms. The number of ether oxygens (including phenoxy) is 1. The standard InChI is InChI=1S/C21H17ClN8S.C17H17N9O2S.C17H18N8S.C16H13F3N8OS/c1-12(2)18-23-20-17(16(27-30(20)28-18)14-10-6-7-11-15(14)22)25-26-21-24-19(29-31-21)13-8-4-3-5-9-13;1-9-18-15-12(13(17(2,3)4)23-25(15)22-9)20-21-16-19-14(24-29-16)10-6-5-7-11(8-10)26(27)28;1-10-18-15-12(13(17(2,3)4)23-25(15)22-10)20-21-16-19-14(24-26-16)11-8-6-5-7-9-11;1-3-28-14-11(13-20-8(2)24-27(13)25-14)22-23-15-21-12(26-29-15)9-4-6-10(7-5-9)16(17,18)19/h3-12,27H,1-2H3;5-8,23H,1-4H3;5-9,23H,1-4H3;4-7H,3H2,1-2H3,(H,20,24). The molecule has 0 unspecified atom stereocenters.